The Bertz CT molecular complexity index is 412. The standard InChI is InChI=1S/C15H24FN3S.HI/c1-17-15(18-10-4-5-11-20-3)19(2)12-13-6-8-14(16)9-7-13;/h6-9H,4-5,10-12H2,1-3H3,(H,17,18);1H. The van der Waals surface area contributed by atoms with Gasteiger partial charge in [0.05, 0.1) is 0 Å². The van der Waals surface area contributed by atoms with Crippen LogP contribution in [0.5, 0.6) is 0 Å². The summed E-state index contributed by atoms with van der Waals surface area (Å²) in [4.78, 5) is 6.32. The second-order valence-corrected chi connectivity index (χ2v) is 5.64. The molecule has 0 aromatic heterocycles. The second-order valence-electron chi connectivity index (χ2n) is 4.66. The molecular formula is C15H25FIN3S. The number of guanidine groups is 1. The Balaban J connectivity index is 0.00000400. The molecule has 0 heterocycles. The molecule has 0 spiro atoms. The zero-order chi connectivity index (χ0) is 14.8. The molecule has 0 aliphatic rings. The van der Waals surface area contributed by atoms with E-state index in [1.165, 1.54) is 24.3 Å². The molecule has 1 aromatic carbocycles. The number of hydrogen-bond donors (Lipinski definition) is 1. The molecule has 21 heavy (non-hydrogen) atoms. The number of hydrogen-bond acceptors (Lipinski definition) is 2. The van der Waals surface area contributed by atoms with Gasteiger partial charge in [-0.15, -0.1) is 24.0 Å². The van der Waals surface area contributed by atoms with E-state index in [0.717, 1.165) is 24.5 Å². The van der Waals surface area contributed by atoms with Crippen molar-refractivity contribution in [3.8, 4) is 0 Å². The first-order chi connectivity index (χ1) is 9.67. The Hall–Kier alpha value is -0.500. The van der Waals surface area contributed by atoms with Crippen molar-refractivity contribution >= 4 is 41.7 Å². The molecule has 120 valence electrons. The quantitative estimate of drug-likeness (QED) is 0.313. The third-order valence-electron chi connectivity index (χ3n) is 2.96. The van der Waals surface area contributed by atoms with Crippen molar-refractivity contribution in [1.82, 2.24) is 10.2 Å². The molecule has 3 nitrogen and oxygen atoms in total. The summed E-state index contributed by atoms with van der Waals surface area (Å²) < 4.78 is 12.9. The Labute approximate surface area is 148 Å². The van der Waals surface area contributed by atoms with Gasteiger partial charge >= 0.3 is 0 Å². The number of nitrogens with one attached hydrogen (secondary N) is 1. The van der Waals surface area contributed by atoms with Gasteiger partial charge in [0.15, 0.2) is 5.96 Å². The molecule has 0 saturated carbocycles. The second kappa shape index (κ2) is 12.1. The first-order valence-electron chi connectivity index (χ1n) is 6.82. The lowest BCUT2D eigenvalue weighted by molar-refractivity contribution is 0.475. The average molecular weight is 425 g/mol. The van der Waals surface area contributed by atoms with E-state index in [1.807, 2.05) is 23.7 Å². The fraction of sp³-hybridized carbons (Fsp3) is 0.533. The van der Waals surface area contributed by atoms with Crippen molar-refractivity contribution in [2.24, 2.45) is 4.99 Å². The van der Waals surface area contributed by atoms with Crippen molar-refractivity contribution in [3.05, 3.63) is 35.6 Å². The maximum Gasteiger partial charge on any atom is 0.193 e. The van der Waals surface area contributed by atoms with Crippen LogP contribution in [0.3, 0.4) is 0 Å². The fourth-order valence-corrected chi connectivity index (χ4v) is 2.39. The van der Waals surface area contributed by atoms with Gasteiger partial charge in [-0.1, -0.05) is 12.1 Å². The van der Waals surface area contributed by atoms with Gasteiger partial charge < -0.3 is 10.2 Å². The molecule has 0 fully saturated rings. The van der Waals surface area contributed by atoms with Crippen LogP contribution in [-0.4, -0.2) is 43.5 Å². The minimum atomic E-state index is -0.201. The average Bonchev–Trinajstić information content (AvgIpc) is 2.45. The van der Waals surface area contributed by atoms with Gasteiger partial charge in [-0.25, -0.2) is 4.39 Å². The summed E-state index contributed by atoms with van der Waals surface area (Å²) in [6, 6.07) is 6.58. The Morgan fingerprint density at radius 1 is 1.29 bits per heavy atom. The fourth-order valence-electron chi connectivity index (χ4n) is 1.89. The van der Waals surface area contributed by atoms with Gasteiger partial charge in [-0.05, 0) is 42.5 Å². The highest BCUT2D eigenvalue weighted by Crippen LogP contribution is 2.05. The summed E-state index contributed by atoms with van der Waals surface area (Å²) in [5.41, 5.74) is 1.07. The molecule has 1 rings (SSSR count). The van der Waals surface area contributed by atoms with Gasteiger partial charge in [0.2, 0.25) is 0 Å². The van der Waals surface area contributed by atoms with Crippen LogP contribution in [0, 0.1) is 5.82 Å². The monoisotopic (exact) mass is 425 g/mol. The van der Waals surface area contributed by atoms with Crippen molar-refractivity contribution in [2.45, 2.75) is 19.4 Å². The van der Waals surface area contributed by atoms with Crippen molar-refractivity contribution in [1.29, 1.82) is 0 Å². The van der Waals surface area contributed by atoms with Gasteiger partial charge in [0.25, 0.3) is 0 Å². The van der Waals surface area contributed by atoms with Gasteiger partial charge in [0, 0.05) is 27.2 Å². The van der Waals surface area contributed by atoms with E-state index in [2.05, 4.69) is 16.6 Å². The normalized spacial score (nSPS) is 11.0. The third kappa shape index (κ3) is 8.50. The largest absolute Gasteiger partial charge is 0.356 e. The summed E-state index contributed by atoms with van der Waals surface area (Å²) in [5, 5.41) is 3.35. The molecule has 0 bridgehead atoms. The summed E-state index contributed by atoms with van der Waals surface area (Å²) in [6.45, 7) is 1.64. The van der Waals surface area contributed by atoms with E-state index >= 15 is 0 Å². The van der Waals surface area contributed by atoms with Crippen molar-refractivity contribution in [2.75, 3.05) is 32.6 Å². The predicted octanol–water partition coefficient (Wildman–Crippen LogP) is 3.59. The molecule has 1 N–H and O–H groups in total. The molecule has 1 aromatic rings. The molecule has 0 saturated heterocycles. The van der Waals surface area contributed by atoms with Crippen LogP contribution in [0.1, 0.15) is 18.4 Å². The highest BCUT2D eigenvalue weighted by Gasteiger charge is 2.06. The summed E-state index contributed by atoms with van der Waals surface area (Å²) >= 11 is 1.88. The summed E-state index contributed by atoms with van der Waals surface area (Å²) in [5.74, 6) is 1.87. The SMILES string of the molecule is CN=C(NCCCCSC)N(C)Cc1ccc(F)cc1.I. The number of nitrogens with zero attached hydrogens (tertiary/aromatic N) is 2. The van der Waals surface area contributed by atoms with Crippen LogP contribution in [0.4, 0.5) is 4.39 Å². The van der Waals surface area contributed by atoms with E-state index in [0.29, 0.717) is 6.54 Å². The lowest BCUT2D eigenvalue weighted by Crippen LogP contribution is -2.38. The molecule has 6 heteroatoms. The van der Waals surface area contributed by atoms with Crippen LogP contribution < -0.4 is 5.32 Å². The molecule has 0 unspecified atom stereocenters. The predicted molar refractivity (Wildman–Crippen MR) is 102 cm³/mol. The minimum Gasteiger partial charge on any atom is -0.356 e. The van der Waals surface area contributed by atoms with E-state index in [4.69, 9.17) is 0 Å². The number of rotatable bonds is 7. The molecular weight excluding hydrogens is 400 g/mol. The number of aliphatic imine (C=N–C) groups is 1. The van der Waals surface area contributed by atoms with E-state index in [9.17, 15) is 4.39 Å². The van der Waals surface area contributed by atoms with Crippen molar-refractivity contribution < 1.29 is 4.39 Å². The van der Waals surface area contributed by atoms with Crippen LogP contribution in [0.15, 0.2) is 29.3 Å². The van der Waals surface area contributed by atoms with Crippen molar-refractivity contribution in [3.63, 3.8) is 0 Å². The van der Waals surface area contributed by atoms with Crippen LogP contribution in [-0.2, 0) is 6.54 Å². The Morgan fingerprint density at radius 3 is 2.52 bits per heavy atom. The Morgan fingerprint density at radius 2 is 1.95 bits per heavy atom. The molecule has 0 aliphatic heterocycles. The number of benzene rings is 1. The minimum absolute atomic E-state index is 0. The van der Waals surface area contributed by atoms with Crippen LogP contribution in [0.25, 0.3) is 0 Å². The van der Waals surface area contributed by atoms with Gasteiger partial charge in [-0.3, -0.25) is 4.99 Å². The zero-order valence-corrected chi connectivity index (χ0v) is 16.1. The van der Waals surface area contributed by atoms with Crippen LogP contribution in [0.2, 0.25) is 0 Å². The van der Waals surface area contributed by atoms with Gasteiger partial charge in [-0.2, -0.15) is 11.8 Å². The van der Waals surface area contributed by atoms with Gasteiger partial charge in [0.1, 0.15) is 5.82 Å². The zero-order valence-electron chi connectivity index (χ0n) is 12.9. The maximum absolute atomic E-state index is 12.9. The highest BCUT2D eigenvalue weighted by atomic mass is 127. The highest BCUT2D eigenvalue weighted by molar-refractivity contribution is 14.0. The first-order valence-corrected chi connectivity index (χ1v) is 8.22. The van der Waals surface area contributed by atoms with Crippen LogP contribution >= 0.6 is 35.7 Å². The molecule has 0 aliphatic carbocycles. The lowest BCUT2D eigenvalue weighted by atomic mass is 10.2. The number of halogens is 2. The third-order valence-corrected chi connectivity index (χ3v) is 3.66. The maximum atomic E-state index is 12.9. The number of thioether (sulfide) groups is 1. The van der Waals surface area contributed by atoms with E-state index < -0.39 is 0 Å². The topological polar surface area (TPSA) is 27.6 Å². The summed E-state index contributed by atoms with van der Waals surface area (Å²) in [7, 11) is 3.77. The molecule has 0 atom stereocenters. The Kier molecular flexibility index (Phi) is 11.8. The number of unbranched alkanes of at least 4 members (excludes halogenated alkanes) is 1. The smallest absolute Gasteiger partial charge is 0.193 e. The molecule has 0 radical (unpaired) electrons. The first kappa shape index (κ1) is 20.5. The summed E-state index contributed by atoms with van der Waals surface area (Å²) in [6.07, 6.45) is 4.49. The van der Waals surface area contributed by atoms with E-state index in [-0.39, 0.29) is 29.8 Å². The van der Waals surface area contributed by atoms with E-state index in [1.54, 1.807) is 19.2 Å². The lowest BCUT2D eigenvalue weighted by Gasteiger charge is -2.22. The molecule has 0 amide bonds.